The Morgan fingerprint density at radius 1 is 1.29 bits per heavy atom. The molecule has 1 aromatic rings. The van der Waals surface area contributed by atoms with Crippen LogP contribution < -0.4 is 0 Å². The van der Waals surface area contributed by atoms with Crippen molar-refractivity contribution in [3.05, 3.63) is 35.9 Å². The lowest BCUT2D eigenvalue weighted by molar-refractivity contribution is -0.0522. The molecule has 0 saturated carbocycles. The van der Waals surface area contributed by atoms with E-state index in [9.17, 15) is 9.90 Å². The van der Waals surface area contributed by atoms with E-state index in [1.54, 1.807) is 7.11 Å². The van der Waals surface area contributed by atoms with Gasteiger partial charge >= 0.3 is 6.09 Å². The second kappa shape index (κ2) is 7.69. The summed E-state index contributed by atoms with van der Waals surface area (Å²) in [6.07, 6.45) is -0.597. The highest BCUT2D eigenvalue weighted by molar-refractivity contribution is 5.69. The fourth-order valence-electron chi connectivity index (χ4n) is 2.69. The number of nitrogens with zero attached hydrogens (tertiary/aromatic N) is 1. The average Bonchev–Trinajstić information content (AvgIpc) is 2.96. The molecule has 1 aliphatic rings. The van der Waals surface area contributed by atoms with Gasteiger partial charge in [-0.25, -0.2) is 4.79 Å². The highest BCUT2D eigenvalue weighted by atomic mass is 16.6. The van der Waals surface area contributed by atoms with Gasteiger partial charge in [-0.15, -0.1) is 0 Å². The monoisotopic (exact) mass is 331 g/mol. The SMILES string of the molecule is COC1CC[C@@H](C(O)C#Cc2ccccc2)N1C(=O)OC(C)(C)C. The molecule has 0 radical (unpaired) electrons. The van der Waals surface area contributed by atoms with Crippen LogP contribution in [0.15, 0.2) is 30.3 Å². The minimum atomic E-state index is -0.960. The van der Waals surface area contributed by atoms with Crippen molar-refractivity contribution in [1.29, 1.82) is 0 Å². The van der Waals surface area contributed by atoms with Crippen molar-refractivity contribution in [2.45, 2.75) is 57.6 Å². The van der Waals surface area contributed by atoms with Crippen molar-refractivity contribution >= 4 is 6.09 Å². The van der Waals surface area contributed by atoms with Crippen molar-refractivity contribution < 1.29 is 19.4 Å². The number of hydrogen-bond donors (Lipinski definition) is 1. The van der Waals surface area contributed by atoms with E-state index < -0.39 is 30.1 Å². The molecule has 1 fully saturated rings. The number of ether oxygens (including phenoxy) is 2. The first-order valence-corrected chi connectivity index (χ1v) is 8.10. The van der Waals surface area contributed by atoms with Crippen molar-refractivity contribution in [3.63, 3.8) is 0 Å². The molecule has 1 saturated heterocycles. The molecule has 1 amide bonds. The molecule has 1 heterocycles. The molecule has 0 bridgehead atoms. The molecule has 1 aliphatic heterocycles. The Labute approximate surface area is 143 Å². The fraction of sp³-hybridized carbons (Fsp3) is 0.526. The molecule has 1 N–H and O–H groups in total. The van der Waals surface area contributed by atoms with Gasteiger partial charge in [-0.3, -0.25) is 4.90 Å². The Hall–Kier alpha value is -2.03. The standard InChI is InChI=1S/C19H25NO4/c1-19(2,3)24-18(22)20-15(11-13-17(20)23-4)16(21)12-10-14-8-6-5-7-9-14/h5-9,15-17,21H,11,13H2,1-4H3/t15-,16?,17?/m0/s1. The summed E-state index contributed by atoms with van der Waals surface area (Å²) in [5, 5.41) is 10.5. The minimum Gasteiger partial charge on any atom is -0.444 e. The van der Waals surface area contributed by atoms with Crippen LogP contribution in [0.25, 0.3) is 0 Å². The summed E-state index contributed by atoms with van der Waals surface area (Å²) >= 11 is 0. The Bertz CT molecular complexity index is 612. The largest absolute Gasteiger partial charge is 0.444 e. The van der Waals surface area contributed by atoms with E-state index in [-0.39, 0.29) is 0 Å². The molecule has 24 heavy (non-hydrogen) atoms. The molecule has 0 aromatic heterocycles. The summed E-state index contributed by atoms with van der Waals surface area (Å²) in [6.45, 7) is 5.43. The van der Waals surface area contributed by atoms with Crippen molar-refractivity contribution in [2.24, 2.45) is 0 Å². The van der Waals surface area contributed by atoms with Gasteiger partial charge in [0.1, 0.15) is 17.9 Å². The molecule has 0 spiro atoms. The summed E-state index contributed by atoms with van der Waals surface area (Å²) in [4.78, 5) is 14.0. The maximum Gasteiger partial charge on any atom is 0.412 e. The third kappa shape index (κ3) is 4.73. The number of aliphatic hydroxyl groups is 1. The lowest BCUT2D eigenvalue weighted by Gasteiger charge is -2.32. The summed E-state index contributed by atoms with van der Waals surface area (Å²) < 4.78 is 10.8. The molecule has 5 nitrogen and oxygen atoms in total. The smallest absolute Gasteiger partial charge is 0.412 e. The third-order valence-electron chi connectivity index (χ3n) is 3.76. The van der Waals surface area contributed by atoms with Crippen LogP contribution in [-0.2, 0) is 9.47 Å². The van der Waals surface area contributed by atoms with Crippen LogP contribution in [-0.4, -0.2) is 47.2 Å². The maximum atomic E-state index is 12.5. The number of rotatable bonds is 2. The summed E-state index contributed by atoms with van der Waals surface area (Å²) in [6, 6.07) is 8.99. The fourth-order valence-corrected chi connectivity index (χ4v) is 2.69. The van der Waals surface area contributed by atoms with E-state index in [4.69, 9.17) is 9.47 Å². The second-order valence-electron chi connectivity index (χ2n) is 6.80. The minimum absolute atomic E-state index is 0.405. The van der Waals surface area contributed by atoms with E-state index in [0.717, 1.165) is 5.56 Å². The van der Waals surface area contributed by atoms with Crippen molar-refractivity contribution in [1.82, 2.24) is 4.90 Å². The number of methoxy groups -OCH3 is 1. The highest BCUT2D eigenvalue weighted by Gasteiger charge is 2.42. The summed E-state index contributed by atoms with van der Waals surface area (Å²) in [5.74, 6) is 5.78. The average molecular weight is 331 g/mol. The second-order valence-corrected chi connectivity index (χ2v) is 6.80. The van der Waals surface area contributed by atoms with E-state index >= 15 is 0 Å². The Kier molecular flexibility index (Phi) is 5.87. The predicted octanol–water partition coefficient (Wildman–Crippen LogP) is 2.77. The van der Waals surface area contributed by atoms with E-state index in [2.05, 4.69) is 11.8 Å². The molecule has 1 aromatic carbocycles. The van der Waals surface area contributed by atoms with Gasteiger partial charge in [-0.05, 0) is 45.7 Å². The molecular weight excluding hydrogens is 306 g/mol. The first-order chi connectivity index (χ1) is 11.3. The normalized spacial score (nSPS) is 21.8. The number of hydrogen-bond acceptors (Lipinski definition) is 4. The molecule has 5 heteroatoms. The number of amides is 1. The zero-order valence-electron chi connectivity index (χ0n) is 14.7. The quantitative estimate of drug-likeness (QED) is 0.847. The van der Waals surface area contributed by atoms with E-state index in [1.165, 1.54) is 4.90 Å². The van der Waals surface area contributed by atoms with Gasteiger partial charge in [0.25, 0.3) is 0 Å². The zero-order valence-corrected chi connectivity index (χ0v) is 14.7. The molecule has 3 atom stereocenters. The topological polar surface area (TPSA) is 59.0 Å². The maximum absolute atomic E-state index is 12.5. The van der Waals surface area contributed by atoms with Gasteiger partial charge in [-0.2, -0.15) is 0 Å². The molecule has 0 aliphatic carbocycles. The van der Waals surface area contributed by atoms with Gasteiger partial charge in [-0.1, -0.05) is 30.0 Å². The van der Waals surface area contributed by atoms with E-state index in [1.807, 2.05) is 51.1 Å². The van der Waals surface area contributed by atoms with E-state index in [0.29, 0.717) is 12.8 Å². The van der Waals surface area contributed by atoms with Crippen LogP contribution in [0.3, 0.4) is 0 Å². The highest BCUT2D eigenvalue weighted by Crippen LogP contribution is 2.29. The van der Waals surface area contributed by atoms with Crippen LogP contribution in [0.2, 0.25) is 0 Å². The van der Waals surface area contributed by atoms with Gasteiger partial charge < -0.3 is 14.6 Å². The Balaban J connectivity index is 2.15. The van der Waals surface area contributed by atoms with Crippen LogP contribution in [0.1, 0.15) is 39.2 Å². The van der Waals surface area contributed by atoms with Crippen molar-refractivity contribution in [2.75, 3.05) is 7.11 Å². The molecule has 2 unspecified atom stereocenters. The molecule has 2 rings (SSSR count). The summed E-state index contributed by atoms with van der Waals surface area (Å²) in [7, 11) is 1.55. The predicted molar refractivity (Wildman–Crippen MR) is 91.2 cm³/mol. The van der Waals surface area contributed by atoms with Gasteiger partial charge in [0.05, 0.1) is 6.04 Å². The first kappa shape index (κ1) is 18.3. The van der Waals surface area contributed by atoms with Gasteiger partial charge in [0.2, 0.25) is 0 Å². The lowest BCUT2D eigenvalue weighted by Crippen LogP contribution is -2.48. The number of likely N-dealkylation sites (tertiary alicyclic amines) is 1. The Morgan fingerprint density at radius 2 is 1.96 bits per heavy atom. The molecular formula is C19H25NO4. The first-order valence-electron chi connectivity index (χ1n) is 8.10. The third-order valence-corrected chi connectivity index (χ3v) is 3.76. The van der Waals surface area contributed by atoms with Crippen molar-refractivity contribution in [3.8, 4) is 11.8 Å². The van der Waals surface area contributed by atoms with Gasteiger partial charge in [0.15, 0.2) is 0 Å². The number of carbonyl (C=O) groups is 1. The van der Waals surface area contributed by atoms with Crippen LogP contribution >= 0.6 is 0 Å². The number of aliphatic hydroxyl groups excluding tert-OH is 1. The summed E-state index contributed by atoms with van der Waals surface area (Å²) in [5.41, 5.74) is 0.213. The van der Waals surface area contributed by atoms with Crippen LogP contribution in [0, 0.1) is 11.8 Å². The zero-order chi connectivity index (χ0) is 17.7. The molecule has 130 valence electrons. The van der Waals surface area contributed by atoms with Crippen LogP contribution in [0.5, 0.6) is 0 Å². The van der Waals surface area contributed by atoms with Crippen LogP contribution in [0.4, 0.5) is 4.79 Å². The lowest BCUT2D eigenvalue weighted by atomic mass is 10.1. The van der Waals surface area contributed by atoms with Gasteiger partial charge in [0, 0.05) is 12.7 Å². The number of benzene rings is 1. The Morgan fingerprint density at radius 3 is 2.54 bits per heavy atom. The number of carbonyl (C=O) groups excluding carboxylic acids is 1.